The lowest BCUT2D eigenvalue weighted by Gasteiger charge is -2.24. The third-order valence-electron chi connectivity index (χ3n) is 2.74. The maximum atomic E-state index is 13.5. The summed E-state index contributed by atoms with van der Waals surface area (Å²) in [6.45, 7) is 1.43. The molecule has 0 aliphatic heterocycles. The summed E-state index contributed by atoms with van der Waals surface area (Å²) in [6, 6.07) is -0.194. The molecule has 0 bridgehead atoms. The van der Waals surface area contributed by atoms with Gasteiger partial charge in [0.1, 0.15) is 17.5 Å². The quantitative estimate of drug-likeness (QED) is 0.637. The van der Waals surface area contributed by atoms with Crippen LogP contribution in [0.15, 0.2) is 17.0 Å². The molecule has 0 aliphatic carbocycles. The molecule has 9 heteroatoms. The molecule has 0 radical (unpaired) electrons. The standard InChI is InChI=1S/C11H14F3N3O2S/c1-6(3-10(15)16)17(2)20(18,19)11-8(13)4-7(12)5-9(11)14/h4-6H,3H2,1-2H3,(H3,15,16). The first-order chi connectivity index (χ1) is 9.07. The third-order valence-corrected chi connectivity index (χ3v) is 4.76. The molecule has 1 rings (SSSR count). The monoisotopic (exact) mass is 309 g/mol. The third kappa shape index (κ3) is 3.28. The number of nitrogens with one attached hydrogen (secondary N) is 1. The Morgan fingerprint density at radius 2 is 1.80 bits per heavy atom. The van der Waals surface area contributed by atoms with Crippen LogP contribution in [0.5, 0.6) is 0 Å². The first kappa shape index (κ1) is 16.4. The Balaban J connectivity index is 3.27. The highest BCUT2D eigenvalue weighted by atomic mass is 32.2. The molecule has 0 spiro atoms. The molecule has 1 unspecified atom stereocenters. The van der Waals surface area contributed by atoms with Gasteiger partial charge in [0.15, 0.2) is 4.90 Å². The Labute approximate surface area is 114 Å². The number of hydrogen-bond donors (Lipinski definition) is 2. The topological polar surface area (TPSA) is 87.2 Å². The zero-order chi connectivity index (χ0) is 15.7. The van der Waals surface area contributed by atoms with Crippen molar-refractivity contribution in [1.82, 2.24) is 4.31 Å². The number of benzene rings is 1. The van der Waals surface area contributed by atoms with E-state index in [-0.39, 0.29) is 12.3 Å². The zero-order valence-electron chi connectivity index (χ0n) is 10.8. The van der Waals surface area contributed by atoms with Crippen LogP contribution in [0.2, 0.25) is 0 Å². The van der Waals surface area contributed by atoms with Gasteiger partial charge in [-0.1, -0.05) is 0 Å². The Kier molecular flexibility index (Phi) is 4.77. The maximum absolute atomic E-state index is 13.5. The van der Waals surface area contributed by atoms with E-state index in [0.29, 0.717) is 16.4 Å². The van der Waals surface area contributed by atoms with Gasteiger partial charge in [-0.3, -0.25) is 5.41 Å². The van der Waals surface area contributed by atoms with Crippen LogP contribution in [0.4, 0.5) is 13.2 Å². The van der Waals surface area contributed by atoms with Crippen molar-refractivity contribution in [2.24, 2.45) is 5.73 Å². The van der Waals surface area contributed by atoms with E-state index in [1.807, 2.05) is 0 Å². The molecule has 0 aliphatic rings. The molecule has 0 heterocycles. The van der Waals surface area contributed by atoms with Gasteiger partial charge in [0.05, 0.1) is 5.84 Å². The Hall–Kier alpha value is -1.61. The summed E-state index contributed by atoms with van der Waals surface area (Å²) >= 11 is 0. The van der Waals surface area contributed by atoms with Crippen molar-refractivity contribution in [3.05, 3.63) is 29.6 Å². The normalized spacial score (nSPS) is 13.5. The van der Waals surface area contributed by atoms with Crippen LogP contribution >= 0.6 is 0 Å². The SMILES string of the molecule is CC(CC(=N)N)N(C)S(=O)(=O)c1c(F)cc(F)cc1F. The van der Waals surface area contributed by atoms with Crippen molar-refractivity contribution >= 4 is 15.9 Å². The van der Waals surface area contributed by atoms with Crippen LogP contribution in [-0.2, 0) is 10.0 Å². The fraction of sp³-hybridized carbons (Fsp3) is 0.364. The van der Waals surface area contributed by atoms with E-state index in [0.717, 1.165) is 7.05 Å². The Morgan fingerprint density at radius 1 is 1.35 bits per heavy atom. The summed E-state index contributed by atoms with van der Waals surface area (Å²) in [5.41, 5.74) is 5.16. The van der Waals surface area contributed by atoms with Gasteiger partial charge >= 0.3 is 0 Å². The van der Waals surface area contributed by atoms with Crippen LogP contribution in [0.25, 0.3) is 0 Å². The van der Waals surface area contributed by atoms with Crippen LogP contribution in [0.1, 0.15) is 13.3 Å². The van der Waals surface area contributed by atoms with Gasteiger partial charge in [-0.15, -0.1) is 0 Å². The smallest absolute Gasteiger partial charge is 0.248 e. The number of amidine groups is 1. The molecule has 3 N–H and O–H groups in total. The molecule has 0 aromatic heterocycles. The molecular weight excluding hydrogens is 295 g/mol. The van der Waals surface area contributed by atoms with E-state index < -0.39 is 38.4 Å². The number of hydrogen-bond acceptors (Lipinski definition) is 3. The van der Waals surface area contributed by atoms with Crippen molar-refractivity contribution in [2.75, 3.05) is 7.05 Å². The molecule has 5 nitrogen and oxygen atoms in total. The molecule has 0 amide bonds. The molecule has 112 valence electrons. The fourth-order valence-electron chi connectivity index (χ4n) is 1.60. The summed E-state index contributed by atoms with van der Waals surface area (Å²) in [5, 5.41) is 7.10. The predicted molar refractivity (Wildman–Crippen MR) is 67.3 cm³/mol. The van der Waals surface area contributed by atoms with E-state index in [9.17, 15) is 21.6 Å². The number of halogens is 3. The molecule has 1 atom stereocenters. The van der Waals surface area contributed by atoms with Crippen LogP contribution in [-0.4, -0.2) is 31.6 Å². The Bertz CT molecular complexity index is 611. The zero-order valence-corrected chi connectivity index (χ0v) is 11.6. The summed E-state index contributed by atoms with van der Waals surface area (Å²) in [4.78, 5) is -1.23. The van der Waals surface area contributed by atoms with Crippen molar-refractivity contribution in [3.63, 3.8) is 0 Å². The van der Waals surface area contributed by atoms with Crippen LogP contribution in [0.3, 0.4) is 0 Å². The van der Waals surface area contributed by atoms with Crippen molar-refractivity contribution in [1.29, 1.82) is 5.41 Å². The van der Waals surface area contributed by atoms with Gasteiger partial charge in [-0.05, 0) is 6.92 Å². The highest BCUT2D eigenvalue weighted by molar-refractivity contribution is 7.89. The predicted octanol–water partition coefficient (Wildman–Crippen LogP) is 1.44. The van der Waals surface area contributed by atoms with E-state index in [2.05, 4.69) is 0 Å². The molecule has 1 aromatic carbocycles. The van der Waals surface area contributed by atoms with Crippen molar-refractivity contribution in [2.45, 2.75) is 24.3 Å². The highest BCUT2D eigenvalue weighted by Crippen LogP contribution is 2.24. The van der Waals surface area contributed by atoms with Crippen molar-refractivity contribution in [3.8, 4) is 0 Å². The molecule has 0 saturated heterocycles. The van der Waals surface area contributed by atoms with Gasteiger partial charge < -0.3 is 5.73 Å². The second-order valence-electron chi connectivity index (χ2n) is 4.30. The fourth-order valence-corrected chi connectivity index (χ4v) is 3.05. The Morgan fingerprint density at radius 3 is 2.20 bits per heavy atom. The van der Waals surface area contributed by atoms with Gasteiger partial charge in [0, 0.05) is 31.6 Å². The summed E-state index contributed by atoms with van der Waals surface area (Å²) in [7, 11) is -3.40. The van der Waals surface area contributed by atoms with Gasteiger partial charge in [-0.2, -0.15) is 4.31 Å². The maximum Gasteiger partial charge on any atom is 0.248 e. The lowest BCUT2D eigenvalue weighted by molar-refractivity contribution is 0.387. The number of nitrogens with zero attached hydrogens (tertiary/aromatic N) is 1. The van der Waals surface area contributed by atoms with Gasteiger partial charge in [0.2, 0.25) is 10.0 Å². The van der Waals surface area contributed by atoms with E-state index in [1.54, 1.807) is 0 Å². The van der Waals surface area contributed by atoms with Crippen LogP contribution < -0.4 is 5.73 Å². The molecule has 0 saturated carbocycles. The first-order valence-corrected chi connectivity index (χ1v) is 6.96. The van der Waals surface area contributed by atoms with E-state index >= 15 is 0 Å². The minimum Gasteiger partial charge on any atom is -0.388 e. The van der Waals surface area contributed by atoms with Crippen LogP contribution in [0, 0.1) is 22.9 Å². The molecule has 1 aromatic rings. The minimum absolute atomic E-state index is 0.0971. The average molecular weight is 309 g/mol. The number of rotatable bonds is 5. The molecular formula is C11H14F3N3O2S. The largest absolute Gasteiger partial charge is 0.388 e. The van der Waals surface area contributed by atoms with E-state index in [1.165, 1.54) is 6.92 Å². The average Bonchev–Trinajstić information content (AvgIpc) is 2.24. The van der Waals surface area contributed by atoms with Gasteiger partial charge in [0.25, 0.3) is 0 Å². The lowest BCUT2D eigenvalue weighted by Crippen LogP contribution is -2.38. The van der Waals surface area contributed by atoms with E-state index in [4.69, 9.17) is 11.1 Å². The summed E-state index contributed by atoms with van der Waals surface area (Å²) < 4.78 is 64.8. The first-order valence-electron chi connectivity index (χ1n) is 5.52. The molecule has 0 fully saturated rings. The lowest BCUT2D eigenvalue weighted by atomic mass is 10.2. The van der Waals surface area contributed by atoms with Gasteiger partial charge in [-0.25, -0.2) is 21.6 Å². The molecule has 20 heavy (non-hydrogen) atoms. The second kappa shape index (κ2) is 5.80. The number of nitrogens with two attached hydrogens (primary N) is 1. The highest BCUT2D eigenvalue weighted by Gasteiger charge is 2.32. The second-order valence-corrected chi connectivity index (χ2v) is 6.23. The minimum atomic E-state index is -4.50. The number of sulfonamides is 1. The summed E-state index contributed by atoms with van der Waals surface area (Å²) in [6.07, 6.45) is -0.0971. The van der Waals surface area contributed by atoms with Crippen molar-refractivity contribution < 1.29 is 21.6 Å². The summed E-state index contributed by atoms with van der Waals surface area (Å²) in [5.74, 6) is -4.49.